The van der Waals surface area contributed by atoms with Crippen LogP contribution in [0.3, 0.4) is 0 Å². The van der Waals surface area contributed by atoms with E-state index in [0.717, 1.165) is 24.9 Å². The van der Waals surface area contributed by atoms with Crippen LogP contribution in [0.1, 0.15) is 33.3 Å². The maximum Gasteiger partial charge on any atom is 0.223 e. The van der Waals surface area contributed by atoms with Crippen LogP contribution >= 0.6 is 22.7 Å². The number of amides is 1. The number of nitrogens with zero attached hydrogens (tertiary/aromatic N) is 2. The van der Waals surface area contributed by atoms with Crippen LogP contribution in [-0.4, -0.2) is 22.3 Å². The molecule has 4 rings (SSSR count). The molecule has 1 aliphatic rings. The van der Waals surface area contributed by atoms with Crippen LogP contribution in [0.25, 0.3) is 0 Å². The van der Waals surface area contributed by atoms with Gasteiger partial charge in [-0.15, -0.1) is 22.7 Å². The SMILES string of the molecule is O=C(CCc1cccnc1)N1CCc2sccc2[C@@H]1c1cccs1. The van der Waals surface area contributed by atoms with Gasteiger partial charge in [-0.05, 0) is 52.9 Å². The molecule has 3 aromatic rings. The first-order valence-corrected chi connectivity index (χ1v) is 9.87. The van der Waals surface area contributed by atoms with E-state index in [0.29, 0.717) is 6.42 Å². The third kappa shape index (κ3) is 3.01. The second-order valence-corrected chi connectivity index (χ2v) is 7.90. The van der Waals surface area contributed by atoms with E-state index >= 15 is 0 Å². The van der Waals surface area contributed by atoms with Gasteiger partial charge in [0.2, 0.25) is 5.91 Å². The number of rotatable bonds is 4. The average Bonchev–Trinajstić information content (AvgIpc) is 3.31. The summed E-state index contributed by atoms with van der Waals surface area (Å²) in [6.45, 7) is 0.807. The molecule has 24 heavy (non-hydrogen) atoms. The zero-order valence-corrected chi connectivity index (χ0v) is 14.9. The van der Waals surface area contributed by atoms with Gasteiger partial charge >= 0.3 is 0 Å². The molecule has 1 amide bonds. The van der Waals surface area contributed by atoms with Crippen LogP contribution in [0.15, 0.2) is 53.5 Å². The van der Waals surface area contributed by atoms with Crippen LogP contribution in [-0.2, 0) is 17.6 Å². The van der Waals surface area contributed by atoms with Gasteiger partial charge in [0, 0.05) is 35.1 Å². The molecule has 0 aromatic carbocycles. The van der Waals surface area contributed by atoms with E-state index in [9.17, 15) is 4.79 Å². The number of carbonyl (C=O) groups excluding carboxylic acids is 1. The highest BCUT2D eigenvalue weighted by molar-refractivity contribution is 7.10. The number of carbonyl (C=O) groups is 1. The van der Waals surface area contributed by atoms with Crippen LogP contribution in [0.4, 0.5) is 0 Å². The van der Waals surface area contributed by atoms with E-state index in [-0.39, 0.29) is 11.9 Å². The highest BCUT2D eigenvalue weighted by Gasteiger charge is 2.32. The molecule has 5 heteroatoms. The second-order valence-electron chi connectivity index (χ2n) is 5.92. The summed E-state index contributed by atoms with van der Waals surface area (Å²) in [7, 11) is 0. The fourth-order valence-electron chi connectivity index (χ4n) is 3.28. The standard InChI is InChI=1S/C19H18N2OS2/c22-18(6-5-14-3-1-9-20-13-14)21-10-7-16-15(8-12-24-16)19(21)17-4-2-11-23-17/h1-4,8-9,11-13,19H,5-7,10H2/t19-/m1/s1. The molecule has 0 spiro atoms. The largest absolute Gasteiger partial charge is 0.330 e. The van der Waals surface area contributed by atoms with Gasteiger partial charge in [-0.3, -0.25) is 9.78 Å². The Bertz CT molecular complexity index is 811. The molecule has 0 bridgehead atoms. The molecule has 0 saturated heterocycles. The van der Waals surface area contributed by atoms with E-state index < -0.39 is 0 Å². The van der Waals surface area contributed by atoms with Gasteiger partial charge in [0.05, 0.1) is 6.04 Å². The first-order chi connectivity index (χ1) is 11.8. The lowest BCUT2D eigenvalue weighted by Crippen LogP contribution is -2.39. The summed E-state index contributed by atoms with van der Waals surface area (Å²) in [6.07, 6.45) is 5.86. The Morgan fingerprint density at radius 3 is 2.96 bits per heavy atom. The van der Waals surface area contributed by atoms with Gasteiger partial charge in [-0.2, -0.15) is 0 Å². The second kappa shape index (κ2) is 6.87. The summed E-state index contributed by atoms with van der Waals surface area (Å²) in [6, 6.07) is 10.4. The molecule has 3 aromatic heterocycles. The Morgan fingerprint density at radius 2 is 2.17 bits per heavy atom. The van der Waals surface area contributed by atoms with Crippen molar-refractivity contribution in [2.75, 3.05) is 6.54 Å². The molecule has 122 valence electrons. The first-order valence-electron chi connectivity index (χ1n) is 8.11. The van der Waals surface area contributed by atoms with Crippen molar-refractivity contribution in [3.63, 3.8) is 0 Å². The highest BCUT2D eigenvalue weighted by atomic mass is 32.1. The molecule has 0 unspecified atom stereocenters. The number of thiophene rings is 2. The highest BCUT2D eigenvalue weighted by Crippen LogP contribution is 2.39. The van der Waals surface area contributed by atoms with Crippen LogP contribution in [0.2, 0.25) is 0 Å². The van der Waals surface area contributed by atoms with Crippen molar-refractivity contribution in [3.05, 3.63) is 74.4 Å². The molecule has 4 heterocycles. The Morgan fingerprint density at radius 1 is 1.21 bits per heavy atom. The van der Waals surface area contributed by atoms with Crippen LogP contribution in [0, 0.1) is 0 Å². The molecule has 1 aliphatic heterocycles. The minimum absolute atomic E-state index is 0.0846. The molecule has 0 saturated carbocycles. The van der Waals surface area contributed by atoms with Gasteiger partial charge in [0.15, 0.2) is 0 Å². The summed E-state index contributed by atoms with van der Waals surface area (Å²) in [5.74, 6) is 0.231. The third-order valence-corrected chi connectivity index (χ3v) is 6.37. The predicted molar refractivity (Wildman–Crippen MR) is 98.5 cm³/mol. The predicted octanol–water partition coefficient (Wildman–Crippen LogP) is 4.31. The van der Waals surface area contributed by atoms with E-state index in [1.54, 1.807) is 17.5 Å². The number of pyridine rings is 1. The van der Waals surface area contributed by atoms with E-state index in [4.69, 9.17) is 0 Å². The van der Waals surface area contributed by atoms with E-state index in [1.165, 1.54) is 15.3 Å². The van der Waals surface area contributed by atoms with Crippen LogP contribution < -0.4 is 0 Å². The molecule has 0 fully saturated rings. The maximum atomic E-state index is 12.9. The zero-order chi connectivity index (χ0) is 16.4. The molecule has 3 nitrogen and oxygen atoms in total. The van der Waals surface area contributed by atoms with Gasteiger partial charge in [-0.25, -0.2) is 0 Å². The van der Waals surface area contributed by atoms with E-state index in [2.05, 4.69) is 38.8 Å². The van der Waals surface area contributed by atoms with Gasteiger partial charge < -0.3 is 4.90 Å². The summed E-state index contributed by atoms with van der Waals surface area (Å²) >= 11 is 3.54. The third-order valence-electron chi connectivity index (χ3n) is 4.45. The molecule has 1 atom stereocenters. The van der Waals surface area contributed by atoms with E-state index in [1.807, 2.05) is 29.7 Å². The van der Waals surface area contributed by atoms with Gasteiger partial charge in [0.25, 0.3) is 0 Å². The molecule has 0 radical (unpaired) electrons. The van der Waals surface area contributed by atoms with Crippen LogP contribution in [0.5, 0.6) is 0 Å². The van der Waals surface area contributed by atoms with Crippen molar-refractivity contribution in [1.82, 2.24) is 9.88 Å². The molecule has 0 aliphatic carbocycles. The number of aromatic nitrogens is 1. The lowest BCUT2D eigenvalue weighted by molar-refractivity contribution is -0.133. The smallest absolute Gasteiger partial charge is 0.223 e. The quantitative estimate of drug-likeness (QED) is 0.699. The van der Waals surface area contributed by atoms with Crippen molar-refractivity contribution in [2.24, 2.45) is 0 Å². The minimum atomic E-state index is 0.0846. The topological polar surface area (TPSA) is 33.2 Å². The molecular formula is C19H18N2OS2. The monoisotopic (exact) mass is 354 g/mol. The van der Waals surface area contributed by atoms with Crippen molar-refractivity contribution in [1.29, 1.82) is 0 Å². The van der Waals surface area contributed by atoms with Crippen molar-refractivity contribution in [3.8, 4) is 0 Å². The fourth-order valence-corrected chi connectivity index (χ4v) is 5.04. The number of fused-ring (bicyclic) bond motifs is 1. The maximum absolute atomic E-state index is 12.9. The summed E-state index contributed by atoms with van der Waals surface area (Å²) in [5, 5.41) is 4.24. The zero-order valence-electron chi connectivity index (χ0n) is 13.2. The first kappa shape index (κ1) is 15.5. The number of hydrogen-bond donors (Lipinski definition) is 0. The normalized spacial score (nSPS) is 16.8. The summed E-state index contributed by atoms with van der Waals surface area (Å²) in [5.41, 5.74) is 2.43. The number of aryl methyl sites for hydroxylation is 1. The Kier molecular flexibility index (Phi) is 4.45. The summed E-state index contributed by atoms with van der Waals surface area (Å²) < 4.78 is 0. The number of hydrogen-bond acceptors (Lipinski definition) is 4. The lowest BCUT2D eigenvalue weighted by atomic mass is 9.97. The molecular weight excluding hydrogens is 336 g/mol. The minimum Gasteiger partial charge on any atom is -0.330 e. The van der Waals surface area contributed by atoms with Crippen molar-refractivity contribution in [2.45, 2.75) is 25.3 Å². The Balaban J connectivity index is 1.56. The lowest BCUT2D eigenvalue weighted by Gasteiger charge is -2.35. The van der Waals surface area contributed by atoms with Gasteiger partial charge in [-0.1, -0.05) is 12.1 Å². The summed E-state index contributed by atoms with van der Waals surface area (Å²) in [4.78, 5) is 21.8. The fraction of sp³-hybridized carbons (Fsp3) is 0.263. The Hall–Kier alpha value is -1.98. The average molecular weight is 355 g/mol. The molecule has 0 N–H and O–H groups in total. The van der Waals surface area contributed by atoms with Gasteiger partial charge in [0.1, 0.15) is 0 Å². The van der Waals surface area contributed by atoms with Crippen molar-refractivity contribution < 1.29 is 4.79 Å². The Labute approximate surface area is 149 Å². The van der Waals surface area contributed by atoms with Crippen molar-refractivity contribution >= 4 is 28.6 Å².